The fraction of sp³-hybridized carbons (Fsp3) is 0.375. The fourth-order valence-electron chi connectivity index (χ4n) is 4.48. The van der Waals surface area contributed by atoms with Crippen molar-refractivity contribution in [2.75, 3.05) is 24.9 Å². The Kier molecular flexibility index (Phi) is 10.3. The molecule has 3 aromatic rings. The molecule has 9 heteroatoms. The topological polar surface area (TPSA) is 90.0 Å². The van der Waals surface area contributed by atoms with E-state index in [0.29, 0.717) is 5.69 Å². The first-order valence-corrected chi connectivity index (χ1v) is 15.1. The summed E-state index contributed by atoms with van der Waals surface area (Å²) in [6.45, 7) is 9.02. The minimum atomic E-state index is -4.05. The van der Waals surface area contributed by atoms with Gasteiger partial charge in [-0.15, -0.1) is 0 Å². The number of carbonyl (C=O) groups excluding carboxylic acids is 2. The van der Waals surface area contributed by atoms with Gasteiger partial charge in [-0.05, 0) is 62.9 Å². The molecule has 8 nitrogen and oxygen atoms in total. The zero-order chi connectivity index (χ0) is 30.4. The Morgan fingerprint density at radius 2 is 1.41 bits per heavy atom. The summed E-state index contributed by atoms with van der Waals surface area (Å²) >= 11 is 0. The van der Waals surface area contributed by atoms with E-state index in [1.54, 1.807) is 6.07 Å². The van der Waals surface area contributed by atoms with E-state index in [0.717, 1.165) is 30.9 Å². The Hall–Kier alpha value is -3.69. The lowest BCUT2D eigenvalue weighted by atomic mass is 10.0. The van der Waals surface area contributed by atoms with Gasteiger partial charge in [-0.1, -0.05) is 72.8 Å². The molecule has 1 unspecified atom stereocenters. The molecule has 0 aliphatic rings. The van der Waals surface area contributed by atoms with Crippen molar-refractivity contribution in [3.05, 3.63) is 101 Å². The minimum absolute atomic E-state index is 0.136. The van der Waals surface area contributed by atoms with E-state index >= 15 is 0 Å². The number of hydrogen-bond donors (Lipinski definition) is 1. The molecule has 3 rings (SSSR count). The van der Waals surface area contributed by atoms with Crippen molar-refractivity contribution in [3.8, 4) is 0 Å². The number of nitrogens with one attached hydrogen (secondary N) is 1. The molecule has 41 heavy (non-hydrogen) atoms. The van der Waals surface area contributed by atoms with Gasteiger partial charge in [-0.2, -0.15) is 12.7 Å². The first-order valence-electron chi connectivity index (χ1n) is 13.7. The number of nitrogens with zero attached hydrogens (tertiary/aromatic N) is 3. The van der Waals surface area contributed by atoms with Gasteiger partial charge in [0.1, 0.15) is 12.6 Å². The molecular weight excluding hydrogens is 536 g/mol. The van der Waals surface area contributed by atoms with Gasteiger partial charge in [-0.25, -0.2) is 4.31 Å². The molecule has 0 saturated heterocycles. The maximum atomic E-state index is 14.3. The van der Waals surface area contributed by atoms with Crippen LogP contribution in [0, 0.1) is 13.8 Å². The van der Waals surface area contributed by atoms with Crippen molar-refractivity contribution in [2.24, 2.45) is 0 Å². The van der Waals surface area contributed by atoms with Gasteiger partial charge in [0.2, 0.25) is 11.8 Å². The average Bonchev–Trinajstić information content (AvgIpc) is 2.90. The molecule has 0 aliphatic carbocycles. The fourth-order valence-corrected chi connectivity index (χ4v) is 5.59. The Bertz CT molecular complexity index is 1440. The molecular formula is C32H42N4O4S. The van der Waals surface area contributed by atoms with Crippen LogP contribution in [0.2, 0.25) is 0 Å². The zero-order valence-corrected chi connectivity index (χ0v) is 25.9. The van der Waals surface area contributed by atoms with Crippen LogP contribution in [0.25, 0.3) is 0 Å². The van der Waals surface area contributed by atoms with Gasteiger partial charge in [0.25, 0.3) is 0 Å². The lowest BCUT2D eigenvalue weighted by molar-refractivity contribution is -0.140. The number of rotatable bonds is 11. The molecule has 3 aromatic carbocycles. The summed E-state index contributed by atoms with van der Waals surface area (Å²) in [5, 5.41) is 3.04. The molecule has 0 spiro atoms. The van der Waals surface area contributed by atoms with Gasteiger partial charge in [0.05, 0.1) is 5.69 Å². The standard InChI is InChI=1S/C32H42N4O4S/c1-24-18-19-25(2)28(20-24)36(41(39,40)34(6)7)23-30(37)35(22-27-16-12-9-13-17-27)29(31(38)33-32(3,4)5)21-26-14-10-8-11-15-26/h8-20,29H,21-23H2,1-7H3,(H,33,38). The zero-order valence-electron chi connectivity index (χ0n) is 25.1. The van der Waals surface area contributed by atoms with Gasteiger partial charge in [0.15, 0.2) is 0 Å². The summed E-state index contributed by atoms with van der Waals surface area (Å²) in [6, 6.07) is 23.5. The molecule has 1 atom stereocenters. The lowest BCUT2D eigenvalue weighted by Gasteiger charge is -2.36. The van der Waals surface area contributed by atoms with Crippen LogP contribution in [-0.2, 0) is 32.8 Å². The van der Waals surface area contributed by atoms with Crippen molar-refractivity contribution < 1.29 is 18.0 Å². The van der Waals surface area contributed by atoms with Crippen molar-refractivity contribution in [1.29, 1.82) is 0 Å². The quantitative estimate of drug-likeness (QED) is 0.364. The van der Waals surface area contributed by atoms with Crippen LogP contribution in [0.4, 0.5) is 5.69 Å². The summed E-state index contributed by atoms with van der Waals surface area (Å²) in [5.74, 6) is -0.787. The Balaban J connectivity index is 2.13. The number of aryl methyl sites for hydroxylation is 2. The maximum Gasteiger partial charge on any atom is 0.304 e. The van der Waals surface area contributed by atoms with E-state index in [-0.39, 0.29) is 18.9 Å². The predicted octanol–water partition coefficient (Wildman–Crippen LogP) is 4.47. The van der Waals surface area contributed by atoms with Crippen LogP contribution < -0.4 is 9.62 Å². The number of carbonyl (C=O) groups is 2. The predicted molar refractivity (Wildman–Crippen MR) is 165 cm³/mol. The minimum Gasteiger partial charge on any atom is -0.350 e. The highest BCUT2D eigenvalue weighted by atomic mass is 32.2. The molecule has 0 saturated carbocycles. The molecule has 220 valence electrons. The second-order valence-electron chi connectivity index (χ2n) is 11.5. The Morgan fingerprint density at radius 1 is 0.854 bits per heavy atom. The van der Waals surface area contributed by atoms with Crippen molar-refractivity contribution in [1.82, 2.24) is 14.5 Å². The van der Waals surface area contributed by atoms with E-state index in [1.807, 2.05) is 107 Å². The normalized spacial score (nSPS) is 12.6. The smallest absolute Gasteiger partial charge is 0.304 e. The summed E-state index contributed by atoms with van der Waals surface area (Å²) in [4.78, 5) is 29.6. The SMILES string of the molecule is Cc1ccc(C)c(N(CC(=O)N(Cc2ccccc2)C(Cc2ccccc2)C(=O)NC(C)(C)C)S(=O)(=O)N(C)C)c1. The summed E-state index contributed by atoms with van der Waals surface area (Å²) in [6.07, 6.45) is 0.269. The number of benzene rings is 3. The van der Waals surface area contributed by atoms with Gasteiger partial charge < -0.3 is 10.2 Å². The largest absolute Gasteiger partial charge is 0.350 e. The second-order valence-corrected chi connectivity index (χ2v) is 13.6. The third-order valence-electron chi connectivity index (χ3n) is 6.62. The van der Waals surface area contributed by atoms with E-state index in [9.17, 15) is 18.0 Å². The first-order chi connectivity index (χ1) is 19.2. The van der Waals surface area contributed by atoms with E-state index in [4.69, 9.17) is 0 Å². The van der Waals surface area contributed by atoms with Crippen molar-refractivity contribution in [3.63, 3.8) is 0 Å². The van der Waals surface area contributed by atoms with E-state index < -0.39 is 34.2 Å². The Labute approximate surface area is 245 Å². The van der Waals surface area contributed by atoms with E-state index in [1.165, 1.54) is 19.0 Å². The monoisotopic (exact) mass is 578 g/mol. The number of anilines is 1. The molecule has 0 heterocycles. The van der Waals surface area contributed by atoms with E-state index in [2.05, 4.69) is 5.32 Å². The molecule has 1 N–H and O–H groups in total. The van der Waals surface area contributed by atoms with Crippen molar-refractivity contribution in [2.45, 2.75) is 59.2 Å². The maximum absolute atomic E-state index is 14.3. The first kappa shape index (κ1) is 31.8. The van der Waals surface area contributed by atoms with Gasteiger partial charge >= 0.3 is 10.2 Å². The highest BCUT2D eigenvalue weighted by molar-refractivity contribution is 7.90. The highest BCUT2D eigenvalue weighted by Gasteiger charge is 2.36. The Morgan fingerprint density at radius 3 is 1.95 bits per heavy atom. The molecule has 0 aromatic heterocycles. The molecule has 2 amide bonds. The summed E-state index contributed by atoms with van der Waals surface area (Å²) in [7, 11) is -1.17. The van der Waals surface area contributed by atoms with Crippen LogP contribution in [0.3, 0.4) is 0 Å². The highest BCUT2D eigenvalue weighted by Crippen LogP contribution is 2.26. The molecule has 0 fully saturated rings. The lowest BCUT2D eigenvalue weighted by Crippen LogP contribution is -2.56. The van der Waals surface area contributed by atoms with Crippen molar-refractivity contribution >= 4 is 27.7 Å². The number of hydrogen-bond acceptors (Lipinski definition) is 4. The summed E-state index contributed by atoms with van der Waals surface area (Å²) in [5.41, 5.74) is 3.19. The van der Waals surface area contributed by atoms with Gasteiger partial charge in [0, 0.05) is 32.6 Å². The molecule has 0 bridgehead atoms. The van der Waals surface area contributed by atoms with Crippen LogP contribution in [0.15, 0.2) is 78.9 Å². The van der Waals surface area contributed by atoms with Crippen LogP contribution in [0.5, 0.6) is 0 Å². The van der Waals surface area contributed by atoms with Crippen LogP contribution in [-0.4, -0.2) is 61.7 Å². The van der Waals surface area contributed by atoms with Gasteiger partial charge in [-0.3, -0.25) is 9.59 Å². The molecule has 0 aliphatic heterocycles. The third kappa shape index (κ3) is 8.65. The second kappa shape index (κ2) is 13.3. The average molecular weight is 579 g/mol. The molecule has 0 radical (unpaired) electrons. The third-order valence-corrected chi connectivity index (χ3v) is 8.42. The number of amides is 2. The van der Waals surface area contributed by atoms with Crippen LogP contribution in [0.1, 0.15) is 43.0 Å². The summed E-state index contributed by atoms with van der Waals surface area (Å²) < 4.78 is 29.4. The van der Waals surface area contributed by atoms with Crippen LogP contribution >= 0.6 is 0 Å².